The molecule has 2 N–H and O–H groups in total. The number of rotatable bonds is 8. The number of hydrogen-bond donors (Lipinski definition) is 2. The number of nitrogens with zero attached hydrogens (tertiary/aromatic N) is 5. The van der Waals surface area contributed by atoms with Crippen LogP contribution in [-0.2, 0) is 17.7 Å². The maximum absolute atomic E-state index is 13.4. The van der Waals surface area contributed by atoms with Crippen LogP contribution in [0.4, 0.5) is 21.8 Å². The van der Waals surface area contributed by atoms with Crippen LogP contribution in [0.15, 0.2) is 24.3 Å². The molecule has 2 aromatic heterocycles. The lowest BCUT2D eigenvalue weighted by atomic mass is 10.2. The number of aryl methyl sites for hydroxylation is 1. The van der Waals surface area contributed by atoms with E-state index in [1.54, 1.807) is 12.1 Å². The van der Waals surface area contributed by atoms with E-state index in [0.717, 1.165) is 48.5 Å². The summed E-state index contributed by atoms with van der Waals surface area (Å²) in [7, 11) is 0. The summed E-state index contributed by atoms with van der Waals surface area (Å²) < 4.78 is 20.9. The van der Waals surface area contributed by atoms with Gasteiger partial charge in [-0.3, -0.25) is 4.68 Å². The van der Waals surface area contributed by atoms with Gasteiger partial charge in [-0.05, 0) is 44.5 Å². The fourth-order valence-corrected chi connectivity index (χ4v) is 3.84. The summed E-state index contributed by atoms with van der Waals surface area (Å²) in [6.45, 7) is 10.6. The third-order valence-electron chi connectivity index (χ3n) is 5.39. The van der Waals surface area contributed by atoms with E-state index in [-0.39, 0.29) is 5.82 Å². The van der Waals surface area contributed by atoms with Gasteiger partial charge in [0.25, 0.3) is 0 Å². The van der Waals surface area contributed by atoms with E-state index >= 15 is 0 Å². The van der Waals surface area contributed by atoms with E-state index in [1.807, 2.05) is 11.6 Å². The van der Waals surface area contributed by atoms with Gasteiger partial charge in [0, 0.05) is 38.0 Å². The van der Waals surface area contributed by atoms with E-state index in [2.05, 4.69) is 29.4 Å². The Bertz CT molecular complexity index is 1020. The van der Waals surface area contributed by atoms with Crippen LogP contribution >= 0.6 is 0 Å². The topological polar surface area (TPSA) is 80.1 Å². The molecule has 9 heteroatoms. The Labute approximate surface area is 181 Å². The molecule has 4 rings (SSSR count). The molecule has 3 aromatic rings. The van der Waals surface area contributed by atoms with Crippen LogP contribution in [-0.4, -0.2) is 58.6 Å². The number of ether oxygens (including phenoxy) is 1. The SMILES string of the molecule is CCOCCn1nc(CC)c2nc(N3CCN[C@H](C)C3)nc(Nc3ccc(F)cc3)c21. The van der Waals surface area contributed by atoms with Crippen LogP contribution in [0.1, 0.15) is 26.5 Å². The Hall–Kier alpha value is -2.78. The normalized spacial score (nSPS) is 16.8. The van der Waals surface area contributed by atoms with Crippen LogP contribution in [0.25, 0.3) is 11.0 Å². The first kappa shape index (κ1) is 21.5. The number of aromatic nitrogens is 4. The molecular weight excluding hydrogens is 397 g/mol. The molecule has 0 radical (unpaired) electrons. The molecule has 1 fully saturated rings. The molecule has 0 spiro atoms. The van der Waals surface area contributed by atoms with E-state index < -0.39 is 0 Å². The Kier molecular flexibility index (Phi) is 6.62. The van der Waals surface area contributed by atoms with Gasteiger partial charge in [-0.2, -0.15) is 10.1 Å². The summed E-state index contributed by atoms with van der Waals surface area (Å²) in [5, 5.41) is 11.6. The maximum atomic E-state index is 13.4. The lowest BCUT2D eigenvalue weighted by Crippen LogP contribution is -2.49. The summed E-state index contributed by atoms with van der Waals surface area (Å²) >= 11 is 0. The number of benzene rings is 1. The highest BCUT2D eigenvalue weighted by Gasteiger charge is 2.23. The zero-order valence-corrected chi connectivity index (χ0v) is 18.4. The van der Waals surface area contributed by atoms with Crippen molar-refractivity contribution in [1.82, 2.24) is 25.1 Å². The van der Waals surface area contributed by atoms with Crippen LogP contribution in [0.3, 0.4) is 0 Å². The van der Waals surface area contributed by atoms with E-state index in [1.165, 1.54) is 12.1 Å². The Morgan fingerprint density at radius 1 is 1.23 bits per heavy atom. The maximum Gasteiger partial charge on any atom is 0.228 e. The summed E-state index contributed by atoms with van der Waals surface area (Å²) in [6, 6.07) is 6.64. The lowest BCUT2D eigenvalue weighted by molar-refractivity contribution is 0.137. The van der Waals surface area contributed by atoms with Gasteiger partial charge in [-0.15, -0.1) is 0 Å². The van der Waals surface area contributed by atoms with Gasteiger partial charge in [0.05, 0.1) is 18.8 Å². The minimum atomic E-state index is -0.274. The van der Waals surface area contributed by atoms with Crippen molar-refractivity contribution in [3.8, 4) is 0 Å². The molecule has 166 valence electrons. The molecule has 3 heterocycles. The number of nitrogens with one attached hydrogen (secondary N) is 2. The van der Waals surface area contributed by atoms with Crippen molar-refractivity contribution < 1.29 is 9.13 Å². The highest BCUT2D eigenvalue weighted by atomic mass is 19.1. The third-order valence-corrected chi connectivity index (χ3v) is 5.39. The first-order chi connectivity index (χ1) is 15.1. The largest absolute Gasteiger partial charge is 0.380 e. The molecule has 1 aliphatic rings. The number of hydrogen-bond acceptors (Lipinski definition) is 7. The van der Waals surface area contributed by atoms with Gasteiger partial charge < -0.3 is 20.3 Å². The zero-order valence-electron chi connectivity index (χ0n) is 18.4. The summed E-state index contributed by atoms with van der Waals surface area (Å²) in [5.41, 5.74) is 3.38. The molecular formula is C22H30FN7O. The lowest BCUT2D eigenvalue weighted by Gasteiger charge is -2.32. The predicted octanol–water partition coefficient (Wildman–Crippen LogP) is 3.11. The second-order valence-corrected chi connectivity index (χ2v) is 7.72. The van der Waals surface area contributed by atoms with Crippen LogP contribution in [0, 0.1) is 5.82 Å². The number of piperazine rings is 1. The number of anilines is 3. The quantitative estimate of drug-likeness (QED) is 0.535. The van der Waals surface area contributed by atoms with Gasteiger partial charge in [0.2, 0.25) is 5.95 Å². The van der Waals surface area contributed by atoms with Crippen molar-refractivity contribution in [2.45, 2.75) is 39.8 Å². The molecule has 1 saturated heterocycles. The summed E-state index contributed by atoms with van der Waals surface area (Å²) in [5.74, 6) is 1.08. The average Bonchev–Trinajstić information content (AvgIpc) is 3.13. The summed E-state index contributed by atoms with van der Waals surface area (Å²) in [4.78, 5) is 12.0. The molecule has 1 aromatic carbocycles. The Morgan fingerprint density at radius 3 is 2.74 bits per heavy atom. The number of halogens is 1. The van der Waals surface area contributed by atoms with E-state index in [4.69, 9.17) is 19.8 Å². The standard InChI is InChI=1S/C22H30FN7O/c1-4-18-19-20(30(28-18)12-13-31-5-2)21(25-17-8-6-16(23)7-9-17)27-22(26-19)29-11-10-24-15(3)14-29/h6-9,15,24H,4-5,10-14H2,1-3H3,(H,25,26,27)/t15-/m1/s1. The third kappa shape index (κ3) is 4.77. The molecule has 1 aliphatic heterocycles. The molecule has 1 atom stereocenters. The molecule has 0 saturated carbocycles. The van der Waals surface area contributed by atoms with Gasteiger partial charge in [0.1, 0.15) is 16.9 Å². The second-order valence-electron chi connectivity index (χ2n) is 7.72. The monoisotopic (exact) mass is 427 g/mol. The Balaban J connectivity index is 1.80. The van der Waals surface area contributed by atoms with Crippen molar-refractivity contribution in [2.75, 3.05) is 43.1 Å². The minimum absolute atomic E-state index is 0.274. The van der Waals surface area contributed by atoms with Gasteiger partial charge in [-0.1, -0.05) is 6.92 Å². The van der Waals surface area contributed by atoms with Gasteiger partial charge in [0.15, 0.2) is 5.82 Å². The Morgan fingerprint density at radius 2 is 2.03 bits per heavy atom. The molecule has 0 aliphatic carbocycles. The van der Waals surface area contributed by atoms with Gasteiger partial charge in [-0.25, -0.2) is 9.37 Å². The van der Waals surface area contributed by atoms with Crippen molar-refractivity contribution in [2.24, 2.45) is 0 Å². The highest BCUT2D eigenvalue weighted by molar-refractivity contribution is 5.90. The second kappa shape index (κ2) is 9.57. The predicted molar refractivity (Wildman–Crippen MR) is 121 cm³/mol. The molecule has 0 amide bonds. The van der Waals surface area contributed by atoms with Gasteiger partial charge >= 0.3 is 0 Å². The zero-order chi connectivity index (χ0) is 21.8. The smallest absolute Gasteiger partial charge is 0.228 e. The average molecular weight is 428 g/mol. The number of fused-ring (bicyclic) bond motifs is 1. The van der Waals surface area contributed by atoms with Crippen LogP contribution in [0.5, 0.6) is 0 Å². The molecule has 8 nitrogen and oxygen atoms in total. The van der Waals surface area contributed by atoms with Crippen molar-refractivity contribution in [3.63, 3.8) is 0 Å². The molecule has 31 heavy (non-hydrogen) atoms. The van der Waals surface area contributed by atoms with Crippen molar-refractivity contribution >= 4 is 28.5 Å². The fraction of sp³-hybridized carbons (Fsp3) is 0.500. The van der Waals surface area contributed by atoms with Crippen molar-refractivity contribution in [1.29, 1.82) is 0 Å². The first-order valence-corrected chi connectivity index (χ1v) is 10.9. The summed E-state index contributed by atoms with van der Waals surface area (Å²) in [6.07, 6.45) is 0.766. The van der Waals surface area contributed by atoms with Crippen LogP contribution < -0.4 is 15.5 Å². The van der Waals surface area contributed by atoms with E-state index in [0.29, 0.717) is 37.6 Å². The molecule has 0 bridgehead atoms. The molecule has 0 unspecified atom stereocenters. The fourth-order valence-electron chi connectivity index (χ4n) is 3.84. The minimum Gasteiger partial charge on any atom is -0.380 e. The van der Waals surface area contributed by atoms with E-state index in [9.17, 15) is 4.39 Å². The van der Waals surface area contributed by atoms with Crippen LogP contribution in [0.2, 0.25) is 0 Å². The van der Waals surface area contributed by atoms with Crippen molar-refractivity contribution in [3.05, 3.63) is 35.8 Å². The highest BCUT2D eigenvalue weighted by Crippen LogP contribution is 2.29. The first-order valence-electron chi connectivity index (χ1n) is 10.9.